The number of hydrogen-bond donors (Lipinski definition) is 2. The Morgan fingerprint density at radius 1 is 1.00 bits per heavy atom. The molecule has 0 bridgehead atoms. The van der Waals surface area contributed by atoms with Crippen molar-refractivity contribution in [2.75, 3.05) is 0 Å². The molecule has 1 amide bonds. The molecule has 6 heteroatoms. The van der Waals surface area contributed by atoms with Gasteiger partial charge in [-0.2, -0.15) is 0 Å². The number of likely N-dealkylation sites (tertiary alicyclic amines) is 1. The van der Waals surface area contributed by atoms with E-state index in [2.05, 4.69) is 0 Å². The molecule has 2 aromatic rings. The molecule has 2 fully saturated rings. The predicted octanol–water partition coefficient (Wildman–Crippen LogP) is 4.80. The average molecular weight is 412 g/mol. The molecule has 1 unspecified atom stereocenters. The molecule has 0 aromatic heterocycles. The van der Waals surface area contributed by atoms with Gasteiger partial charge in [0.2, 0.25) is 0 Å². The first-order valence-electron chi connectivity index (χ1n) is 9.82. The quantitative estimate of drug-likeness (QED) is 0.432. The standard InChI is InChI=1S/C23H22ClNO4/c24-16-8-4-7-15(12-16)21(27)19-20(14-6-5-11-18(26)13-14)25(23(29)22(19)28)17-9-2-1-3-10-17/h4-8,11-13,17,20,26-27H,1-3,9-10H2/b21-19-. The van der Waals surface area contributed by atoms with Crippen molar-refractivity contribution >= 4 is 29.1 Å². The number of carbonyl (C=O) groups is 2. The number of aromatic hydroxyl groups is 1. The number of halogens is 1. The van der Waals surface area contributed by atoms with Crippen LogP contribution in [0.15, 0.2) is 54.1 Å². The van der Waals surface area contributed by atoms with Crippen molar-refractivity contribution in [3.05, 3.63) is 70.3 Å². The van der Waals surface area contributed by atoms with Gasteiger partial charge in [-0.25, -0.2) is 0 Å². The number of aliphatic hydroxyl groups excluding tert-OH is 1. The Bertz CT molecular complexity index is 994. The topological polar surface area (TPSA) is 77.8 Å². The minimum atomic E-state index is -0.746. The molecule has 0 radical (unpaired) electrons. The summed E-state index contributed by atoms with van der Waals surface area (Å²) in [4.78, 5) is 27.7. The zero-order chi connectivity index (χ0) is 20.5. The molecule has 2 N–H and O–H groups in total. The van der Waals surface area contributed by atoms with Crippen LogP contribution in [-0.2, 0) is 9.59 Å². The lowest BCUT2D eigenvalue weighted by molar-refractivity contribution is -0.141. The fourth-order valence-corrected chi connectivity index (χ4v) is 4.59. The first kappa shape index (κ1) is 19.5. The van der Waals surface area contributed by atoms with Crippen LogP contribution in [0.2, 0.25) is 5.02 Å². The summed E-state index contributed by atoms with van der Waals surface area (Å²) < 4.78 is 0. The number of aliphatic hydroxyl groups is 1. The Morgan fingerprint density at radius 3 is 2.41 bits per heavy atom. The van der Waals surface area contributed by atoms with Gasteiger partial charge in [0.25, 0.3) is 11.7 Å². The Morgan fingerprint density at radius 2 is 1.72 bits per heavy atom. The van der Waals surface area contributed by atoms with Crippen LogP contribution in [0, 0.1) is 0 Å². The summed E-state index contributed by atoms with van der Waals surface area (Å²) >= 11 is 6.06. The third-order valence-corrected chi connectivity index (χ3v) is 5.97. The minimum absolute atomic E-state index is 0.0356. The highest BCUT2D eigenvalue weighted by atomic mass is 35.5. The van der Waals surface area contributed by atoms with E-state index in [4.69, 9.17) is 11.6 Å². The van der Waals surface area contributed by atoms with E-state index in [1.165, 1.54) is 12.1 Å². The molecule has 29 heavy (non-hydrogen) atoms. The summed E-state index contributed by atoms with van der Waals surface area (Å²) in [7, 11) is 0. The van der Waals surface area contributed by atoms with Crippen molar-refractivity contribution in [1.82, 2.24) is 4.90 Å². The summed E-state index contributed by atoms with van der Waals surface area (Å²) in [5.74, 6) is -1.52. The Labute approximate surface area is 174 Å². The van der Waals surface area contributed by atoms with Gasteiger partial charge in [0.05, 0.1) is 11.6 Å². The Kier molecular flexibility index (Phi) is 5.33. The van der Waals surface area contributed by atoms with Crippen molar-refractivity contribution in [3.63, 3.8) is 0 Å². The van der Waals surface area contributed by atoms with E-state index >= 15 is 0 Å². The summed E-state index contributed by atoms with van der Waals surface area (Å²) in [6, 6.07) is 12.2. The fraction of sp³-hybridized carbons (Fsp3) is 0.304. The number of nitrogens with zero attached hydrogens (tertiary/aromatic N) is 1. The Hall–Kier alpha value is -2.79. The van der Waals surface area contributed by atoms with E-state index in [1.54, 1.807) is 41.3 Å². The molecule has 2 aromatic carbocycles. The smallest absolute Gasteiger partial charge is 0.295 e. The second kappa shape index (κ2) is 7.91. The molecular weight excluding hydrogens is 390 g/mol. The number of ketones is 1. The van der Waals surface area contributed by atoms with Crippen molar-refractivity contribution < 1.29 is 19.8 Å². The van der Waals surface area contributed by atoms with Gasteiger partial charge in [-0.05, 0) is 42.7 Å². The summed E-state index contributed by atoms with van der Waals surface area (Å²) in [5.41, 5.74) is 1.01. The van der Waals surface area contributed by atoms with Crippen LogP contribution in [-0.4, -0.2) is 32.8 Å². The van der Waals surface area contributed by atoms with Gasteiger partial charge in [0.15, 0.2) is 0 Å². The van der Waals surface area contributed by atoms with Crippen LogP contribution in [0.4, 0.5) is 0 Å². The summed E-state index contributed by atoms with van der Waals surface area (Å²) in [6.45, 7) is 0. The summed E-state index contributed by atoms with van der Waals surface area (Å²) in [6.07, 6.45) is 4.74. The average Bonchev–Trinajstić information content (AvgIpc) is 2.99. The van der Waals surface area contributed by atoms with Crippen LogP contribution >= 0.6 is 11.6 Å². The van der Waals surface area contributed by atoms with E-state index in [1.807, 2.05) is 0 Å². The van der Waals surface area contributed by atoms with Gasteiger partial charge in [0.1, 0.15) is 11.5 Å². The largest absolute Gasteiger partial charge is 0.508 e. The van der Waals surface area contributed by atoms with Gasteiger partial charge in [0, 0.05) is 16.6 Å². The SMILES string of the molecule is O=C1C(=O)N(C2CCCCC2)C(c2cccc(O)c2)/C1=C(/O)c1cccc(Cl)c1. The second-order valence-corrected chi connectivity index (χ2v) is 8.04. The zero-order valence-corrected chi connectivity index (χ0v) is 16.6. The van der Waals surface area contributed by atoms with E-state index in [9.17, 15) is 19.8 Å². The van der Waals surface area contributed by atoms with Crippen molar-refractivity contribution in [1.29, 1.82) is 0 Å². The molecule has 1 heterocycles. The molecule has 1 saturated heterocycles. The van der Waals surface area contributed by atoms with Gasteiger partial charge < -0.3 is 15.1 Å². The van der Waals surface area contributed by atoms with E-state index < -0.39 is 17.7 Å². The number of hydrogen-bond acceptors (Lipinski definition) is 4. The maximum absolute atomic E-state index is 13.0. The lowest BCUT2D eigenvalue weighted by atomic mass is 9.91. The van der Waals surface area contributed by atoms with Gasteiger partial charge in [-0.15, -0.1) is 0 Å². The highest BCUT2D eigenvalue weighted by Crippen LogP contribution is 2.43. The molecule has 150 valence electrons. The van der Waals surface area contributed by atoms with Crippen LogP contribution in [0.3, 0.4) is 0 Å². The molecule has 2 aliphatic rings. The van der Waals surface area contributed by atoms with Crippen molar-refractivity contribution in [2.45, 2.75) is 44.2 Å². The minimum Gasteiger partial charge on any atom is -0.508 e. The molecule has 1 aliphatic carbocycles. The fourth-order valence-electron chi connectivity index (χ4n) is 4.40. The lowest BCUT2D eigenvalue weighted by Crippen LogP contribution is -2.40. The molecule has 1 saturated carbocycles. The van der Waals surface area contributed by atoms with E-state index in [-0.39, 0.29) is 23.1 Å². The molecule has 1 aliphatic heterocycles. The van der Waals surface area contributed by atoms with E-state index in [0.717, 1.165) is 32.1 Å². The maximum Gasteiger partial charge on any atom is 0.295 e. The lowest BCUT2D eigenvalue weighted by Gasteiger charge is -2.35. The highest BCUT2D eigenvalue weighted by Gasteiger charge is 2.48. The number of Topliss-reactive ketones (excluding diaryl/α,β-unsaturated/α-hetero) is 1. The first-order chi connectivity index (χ1) is 14.0. The zero-order valence-electron chi connectivity index (χ0n) is 15.8. The monoisotopic (exact) mass is 411 g/mol. The normalized spacial score (nSPS) is 22.2. The maximum atomic E-state index is 13.0. The van der Waals surface area contributed by atoms with Crippen LogP contribution in [0.25, 0.3) is 5.76 Å². The molecular formula is C23H22ClNO4. The molecule has 4 rings (SSSR count). The number of amides is 1. The van der Waals surface area contributed by atoms with Crippen LogP contribution < -0.4 is 0 Å². The highest BCUT2D eigenvalue weighted by molar-refractivity contribution is 6.46. The molecule has 1 atom stereocenters. The third kappa shape index (κ3) is 3.62. The number of benzene rings is 2. The molecule has 0 spiro atoms. The molecule has 5 nitrogen and oxygen atoms in total. The first-order valence-corrected chi connectivity index (χ1v) is 10.2. The summed E-state index contributed by atoms with van der Waals surface area (Å²) in [5, 5.41) is 21.4. The van der Waals surface area contributed by atoms with Gasteiger partial charge in [-0.3, -0.25) is 9.59 Å². The number of phenols is 1. The van der Waals surface area contributed by atoms with Crippen molar-refractivity contribution in [2.24, 2.45) is 0 Å². The number of carbonyl (C=O) groups excluding carboxylic acids is 2. The predicted molar refractivity (Wildman–Crippen MR) is 111 cm³/mol. The number of rotatable bonds is 3. The van der Waals surface area contributed by atoms with Gasteiger partial charge in [-0.1, -0.05) is 55.1 Å². The second-order valence-electron chi connectivity index (χ2n) is 7.60. The number of phenolic OH excluding ortho intramolecular Hbond substituents is 1. The van der Waals surface area contributed by atoms with Crippen molar-refractivity contribution in [3.8, 4) is 5.75 Å². The van der Waals surface area contributed by atoms with Gasteiger partial charge >= 0.3 is 0 Å². The third-order valence-electron chi connectivity index (χ3n) is 5.73. The van der Waals surface area contributed by atoms with E-state index in [0.29, 0.717) is 16.1 Å². The van der Waals surface area contributed by atoms with Crippen LogP contribution in [0.1, 0.15) is 49.3 Å². The Balaban J connectivity index is 1.89. The van der Waals surface area contributed by atoms with Crippen LogP contribution in [0.5, 0.6) is 5.75 Å².